The smallest absolute Gasteiger partial charge is 0.249 e. The molecular formula is C25H24BrN5O2. The lowest BCUT2D eigenvalue weighted by atomic mass is 10.1. The molecule has 2 aromatic carbocycles. The maximum Gasteiger partial charge on any atom is 0.249 e. The third-order valence-corrected chi connectivity index (χ3v) is 6.56. The van der Waals surface area contributed by atoms with Crippen molar-refractivity contribution in [1.82, 2.24) is 14.5 Å². The standard InChI is InChI=1S/C25H24BrN5O2/c1-15-10-19-18(23(27)32)6-3-7-22(19)31(15)25-29-21-8-9-33-14-20(21)24(30-25)28-13-17-5-2-4-16(11-17)12-26/h2-7,10-11H,8-9,12-14H2,1H3,(H2,27,32)(H,28,29,30). The number of aromatic nitrogens is 3. The summed E-state index contributed by atoms with van der Waals surface area (Å²) < 4.78 is 7.69. The minimum absolute atomic E-state index is 0.450. The lowest BCUT2D eigenvalue weighted by Gasteiger charge is -2.21. The van der Waals surface area contributed by atoms with Gasteiger partial charge in [-0.1, -0.05) is 46.3 Å². The third-order valence-electron chi connectivity index (χ3n) is 5.91. The molecule has 0 aliphatic carbocycles. The fraction of sp³-hybridized carbons (Fsp3) is 0.240. The van der Waals surface area contributed by atoms with Crippen molar-refractivity contribution in [2.45, 2.75) is 31.8 Å². The van der Waals surface area contributed by atoms with Crippen LogP contribution < -0.4 is 11.1 Å². The summed E-state index contributed by atoms with van der Waals surface area (Å²) in [7, 11) is 0. The number of ether oxygens (including phenoxy) is 1. The Bertz CT molecular complexity index is 1360. The van der Waals surface area contributed by atoms with Crippen molar-refractivity contribution < 1.29 is 9.53 Å². The van der Waals surface area contributed by atoms with Gasteiger partial charge < -0.3 is 15.8 Å². The second-order valence-electron chi connectivity index (χ2n) is 8.13. The molecule has 0 unspecified atom stereocenters. The van der Waals surface area contributed by atoms with Crippen molar-refractivity contribution in [2.75, 3.05) is 11.9 Å². The number of carbonyl (C=O) groups excluding carboxylic acids is 1. The van der Waals surface area contributed by atoms with Gasteiger partial charge >= 0.3 is 0 Å². The number of fused-ring (bicyclic) bond motifs is 2. The number of anilines is 1. The van der Waals surface area contributed by atoms with Gasteiger partial charge in [0.2, 0.25) is 11.9 Å². The van der Waals surface area contributed by atoms with E-state index in [0.29, 0.717) is 31.3 Å². The molecule has 0 spiro atoms. The second kappa shape index (κ2) is 8.96. The number of aryl methyl sites for hydroxylation is 1. The molecule has 7 nitrogen and oxygen atoms in total. The van der Waals surface area contributed by atoms with Crippen LogP contribution in [0.1, 0.15) is 38.4 Å². The first kappa shape index (κ1) is 21.6. The summed E-state index contributed by atoms with van der Waals surface area (Å²) >= 11 is 3.52. The number of carbonyl (C=O) groups is 1. The maximum absolute atomic E-state index is 11.9. The van der Waals surface area contributed by atoms with Gasteiger partial charge in [-0.05, 0) is 36.2 Å². The Labute approximate surface area is 200 Å². The zero-order valence-corrected chi connectivity index (χ0v) is 19.9. The van der Waals surface area contributed by atoms with Crippen LogP contribution in [0.2, 0.25) is 0 Å². The largest absolute Gasteiger partial charge is 0.376 e. The van der Waals surface area contributed by atoms with Crippen LogP contribution >= 0.6 is 15.9 Å². The van der Waals surface area contributed by atoms with Crippen molar-refractivity contribution in [2.24, 2.45) is 5.73 Å². The SMILES string of the molecule is Cc1cc2c(C(N)=O)cccc2n1-c1nc2c(c(NCc3cccc(CBr)c3)n1)COCC2. The molecule has 1 aliphatic heterocycles. The van der Waals surface area contributed by atoms with Crippen molar-refractivity contribution in [1.29, 1.82) is 0 Å². The number of nitrogens with two attached hydrogens (primary N) is 1. The summed E-state index contributed by atoms with van der Waals surface area (Å²) in [4.78, 5) is 21.7. The third kappa shape index (κ3) is 4.12. The molecule has 0 fully saturated rings. The molecule has 0 atom stereocenters. The molecule has 1 aliphatic rings. The van der Waals surface area contributed by atoms with E-state index in [1.807, 2.05) is 29.7 Å². The van der Waals surface area contributed by atoms with E-state index in [1.54, 1.807) is 6.07 Å². The molecule has 5 rings (SSSR count). The molecule has 2 aromatic heterocycles. The summed E-state index contributed by atoms with van der Waals surface area (Å²) in [5.41, 5.74) is 12.3. The average Bonchev–Trinajstić information content (AvgIpc) is 3.18. The molecule has 1 amide bonds. The van der Waals surface area contributed by atoms with Crippen molar-refractivity contribution in [3.8, 4) is 5.95 Å². The van der Waals surface area contributed by atoms with Gasteiger partial charge in [-0.3, -0.25) is 9.36 Å². The summed E-state index contributed by atoms with van der Waals surface area (Å²) in [6, 6.07) is 15.9. The van der Waals surface area contributed by atoms with Gasteiger partial charge in [0.15, 0.2) is 0 Å². The highest BCUT2D eigenvalue weighted by Gasteiger charge is 2.21. The molecule has 0 saturated carbocycles. The van der Waals surface area contributed by atoms with E-state index < -0.39 is 5.91 Å². The van der Waals surface area contributed by atoms with Crippen LogP contribution in [0.5, 0.6) is 0 Å². The monoisotopic (exact) mass is 505 g/mol. The molecule has 168 valence electrons. The predicted molar refractivity (Wildman–Crippen MR) is 132 cm³/mol. The second-order valence-corrected chi connectivity index (χ2v) is 8.69. The van der Waals surface area contributed by atoms with Crippen molar-refractivity contribution in [3.63, 3.8) is 0 Å². The van der Waals surface area contributed by atoms with Gasteiger partial charge in [0.05, 0.1) is 24.4 Å². The molecular weight excluding hydrogens is 482 g/mol. The Morgan fingerprint density at radius 1 is 1.18 bits per heavy atom. The van der Waals surface area contributed by atoms with E-state index in [0.717, 1.165) is 45.4 Å². The predicted octanol–water partition coefficient (Wildman–Crippen LogP) is 4.41. The van der Waals surface area contributed by atoms with Crippen molar-refractivity contribution in [3.05, 3.63) is 82.2 Å². The molecule has 8 heteroatoms. The Hall–Kier alpha value is -3.23. The van der Waals surface area contributed by atoms with E-state index in [9.17, 15) is 4.79 Å². The maximum atomic E-state index is 11.9. The van der Waals surface area contributed by atoms with Gasteiger partial charge in [-0.15, -0.1) is 0 Å². The average molecular weight is 506 g/mol. The number of primary amides is 1. The fourth-order valence-corrected chi connectivity index (χ4v) is 4.67. The van der Waals surface area contributed by atoms with Gasteiger partial charge in [0.25, 0.3) is 0 Å². The number of benzene rings is 2. The number of nitrogens with zero attached hydrogens (tertiary/aromatic N) is 3. The van der Waals surface area contributed by atoms with Crippen LogP contribution in [0.25, 0.3) is 16.9 Å². The van der Waals surface area contributed by atoms with E-state index in [-0.39, 0.29) is 0 Å². The first-order valence-corrected chi connectivity index (χ1v) is 11.9. The van der Waals surface area contributed by atoms with Crippen LogP contribution in [0, 0.1) is 6.92 Å². The Kier molecular flexibility index (Phi) is 5.86. The number of amides is 1. The summed E-state index contributed by atoms with van der Waals surface area (Å²) in [5.74, 6) is 0.891. The lowest BCUT2D eigenvalue weighted by molar-refractivity contribution is 0.100. The summed E-state index contributed by atoms with van der Waals surface area (Å²) in [6.45, 7) is 3.74. The molecule has 3 heterocycles. The number of hydrogen-bond donors (Lipinski definition) is 2. The minimum Gasteiger partial charge on any atom is -0.376 e. The molecule has 0 saturated heterocycles. The topological polar surface area (TPSA) is 95.1 Å². The molecule has 33 heavy (non-hydrogen) atoms. The Morgan fingerprint density at radius 2 is 2.00 bits per heavy atom. The number of nitrogens with one attached hydrogen (secondary N) is 1. The van der Waals surface area contributed by atoms with Gasteiger partial charge in [0.1, 0.15) is 5.82 Å². The zero-order chi connectivity index (χ0) is 22.9. The van der Waals surface area contributed by atoms with Crippen LogP contribution in [0.4, 0.5) is 5.82 Å². The first-order chi connectivity index (χ1) is 16.0. The highest BCUT2D eigenvalue weighted by atomic mass is 79.9. The van der Waals surface area contributed by atoms with Gasteiger partial charge in [-0.25, -0.2) is 4.98 Å². The fourth-order valence-electron chi connectivity index (χ4n) is 4.32. The van der Waals surface area contributed by atoms with Crippen LogP contribution in [-0.2, 0) is 29.6 Å². The lowest BCUT2D eigenvalue weighted by Crippen LogP contribution is -2.19. The van der Waals surface area contributed by atoms with E-state index in [2.05, 4.69) is 45.5 Å². The number of halogens is 1. The number of rotatable bonds is 6. The van der Waals surface area contributed by atoms with Gasteiger partial charge in [-0.2, -0.15) is 4.98 Å². The van der Waals surface area contributed by atoms with E-state index >= 15 is 0 Å². The van der Waals surface area contributed by atoms with Crippen molar-refractivity contribution >= 4 is 38.6 Å². The first-order valence-electron chi connectivity index (χ1n) is 10.8. The molecule has 3 N–H and O–H groups in total. The Balaban J connectivity index is 1.59. The van der Waals surface area contributed by atoms with Crippen LogP contribution in [-0.4, -0.2) is 27.0 Å². The summed E-state index contributed by atoms with van der Waals surface area (Å²) in [5, 5.41) is 5.12. The van der Waals surface area contributed by atoms with E-state index in [1.165, 1.54) is 11.1 Å². The highest BCUT2D eigenvalue weighted by molar-refractivity contribution is 9.08. The Morgan fingerprint density at radius 3 is 2.82 bits per heavy atom. The highest BCUT2D eigenvalue weighted by Crippen LogP contribution is 2.29. The molecule has 0 bridgehead atoms. The minimum atomic E-state index is -0.450. The molecule has 0 radical (unpaired) electrons. The number of hydrogen-bond acceptors (Lipinski definition) is 5. The van der Waals surface area contributed by atoms with Crippen LogP contribution in [0.15, 0.2) is 48.5 Å². The normalized spacial score (nSPS) is 13.2. The van der Waals surface area contributed by atoms with Crippen LogP contribution in [0.3, 0.4) is 0 Å². The summed E-state index contributed by atoms with van der Waals surface area (Å²) in [6.07, 6.45) is 0.726. The van der Waals surface area contributed by atoms with Gasteiger partial charge in [0, 0.05) is 40.5 Å². The number of alkyl halides is 1. The quantitative estimate of drug-likeness (QED) is 0.378. The zero-order valence-electron chi connectivity index (χ0n) is 18.3. The molecule has 4 aromatic rings. The van der Waals surface area contributed by atoms with E-state index in [4.69, 9.17) is 20.4 Å².